The van der Waals surface area contributed by atoms with E-state index in [0.29, 0.717) is 37.9 Å². The van der Waals surface area contributed by atoms with Crippen LogP contribution in [0.3, 0.4) is 0 Å². The number of carbonyl (C=O) groups excluding carboxylic acids is 1. The van der Waals surface area contributed by atoms with Gasteiger partial charge in [0.2, 0.25) is 5.91 Å². The third kappa shape index (κ3) is 6.36. The fourth-order valence-electron chi connectivity index (χ4n) is 3.14. The maximum Gasteiger partial charge on any atom is 0.224 e. The van der Waals surface area contributed by atoms with E-state index in [1.807, 2.05) is 11.0 Å². The minimum Gasteiger partial charge on any atom is -0.356 e. The van der Waals surface area contributed by atoms with E-state index in [0.717, 1.165) is 24.9 Å². The summed E-state index contributed by atoms with van der Waals surface area (Å²) < 4.78 is 13.2. The molecule has 25 heavy (non-hydrogen) atoms. The highest BCUT2D eigenvalue weighted by molar-refractivity contribution is 5.81. The smallest absolute Gasteiger partial charge is 0.224 e. The molecular formula is C19H29FN4O. The second-order valence-electron chi connectivity index (χ2n) is 6.49. The first-order chi connectivity index (χ1) is 12.1. The van der Waals surface area contributed by atoms with Crippen LogP contribution in [0.25, 0.3) is 0 Å². The number of halogens is 1. The zero-order valence-corrected chi connectivity index (χ0v) is 15.2. The summed E-state index contributed by atoms with van der Waals surface area (Å²) in [6, 6.07) is 6.95. The molecule has 0 saturated carbocycles. The van der Waals surface area contributed by atoms with Crippen molar-refractivity contribution in [1.29, 1.82) is 0 Å². The fraction of sp³-hybridized carbons (Fsp3) is 0.579. The lowest BCUT2D eigenvalue weighted by Crippen LogP contribution is -2.44. The predicted molar refractivity (Wildman–Crippen MR) is 99.1 cm³/mol. The molecule has 2 N–H and O–H groups in total. The number of rotatable bonds is 6. The highest BCUT2D eigenvalue weighted by Gasteiger charge is 2.22. The van der Waals surface area contributed by atoms with Crippen molar-refractivity contribution in [2.45, 2.75) is 45.1 Å². The number of guanidine groups is 1. The van der Waals surface area contributed by atoms with Gasteiger partial charge in [0.1, 0.15) is 5.82 Å². The Bertz CT molecular complexity index is 591. The van der Waals surface area contributed by atoms with Gasteiger partial charge >= 0.3 is 0 Å². The Kier molecular flexibility index (Phi) is 7.70. The number of nitrogens with one attached hydrogen (secondary N) is 2. The van der Waals surface area contributed by atoms with Gasteiger partial charge in [0.25, 0.3) is 0 Å². The lowest BCUT2D eigenvalue weighted by molar-refractivity contribution is -0.134. The minimum atomic E-state index is -0.217. The summed E-state index contributed by atoms with van der Waals surface area (Å²) in [6.45, 7) is 4.21. The number of carbonyl (C=O) groups is 1. The molecule has 1 aliphatic rings. The summed E-state index contributed by atoms with van der Waals surface area (Å²) in [6.07, 6.45) is 4.60. The van der Waals surface area contributed by atoms with Crippen molar-refractivity contribution in [3.05, 3.63) is 35.6 Å². The van der Waals surface area contributed by atoms with Crippen LogP contribution in [-0.4, -0.2) is 49.5 Å². The summed E-state index contributed by atoms with van der Waals surface area (Å²) in [5.41, 5.74) is 0.942. The number of hydrogen-bond acceptors (Lipinski definition) is 2. The molecule has 1 saturated heterocycles. The topological polar surface area (TPSA) is 56.7 Å². The molecule has 0 bridgehead atoms. The lowest BCUT2D eigenvalue weighted by Gasteiger charge is -2.33. The van der Waals surface area contributed by atoms with Crippen LogP contribution < -0.4 is 10.6 Å². The van der Waals surface area contributed by atoms with Crippen molar-refractivity contribution in [3.63, 3.8) is 0 Å². The molecule has 1 aromatic carbocycles. The average molecular weight is 348 g/mol. The molecule has 2 rings (SSSR count). The van der Waals surface area contributed by atoms with Gasteiger partial charge in [0, 0.05) is 39.1 Å². The van der Waals surface area contributed by atoms with Crippen LogP contribution in [0.15, 0.2) is 29.3 Å². The van der Waals surface area contributed by atoms with Crippen LogP contribution >= 0.6 is 0 Å². The normalized spacial score (nSPS) is 18.1. The van der Waals surface area contributed by atoms with Crippen LogP contribution in [-0.2, 0) is 11.2 Å². The third-order valence-electron chi connectivity index (χ3n) is 4.57. The van der Waals surface area contributed by atoms with Gasteiger partial charge in [0.15, 0.2) is 5.96 Å². The van der Waals surface area contributed by atoms with Crippen molar-refractivity contribution in [1.82, 2.24) is 15.5 Å². The average Bonchev–Trinajstić information content (AvgIpc) is 2.60. The van der Waals surface area contributed by atoms with E-state index in [9.17, 15) is 9.18 Å². The summed E-state index contributed by atoms with van der Waals surface area (Å²) >= 11 is 0. The number of nitrogens with zero attached hydrogens (tertiary/aromatic N) is 2. The Hall–Kier alpha value is -2.11. The van der Waals surface area contributed by atoms with Crippen molar-refractivity contribution < 1.29 is 9.18 Å². The van der Waals surface area contributed by atoms with Gasteiger partial charge in [-0.2, -0.15) is 0 Å². The Labute approximate surface area is 149 Å². The highest BCUT2D eigenvalue weighted by atomic mass is 19.1. The number of amides is 1. The largest absolute Gasteiger partial charge is 0.356 e. The molecule has 1 amide bonds. The van der Waals surface area contributed by atoms with Crippen LogP contribution in [0, 0.1) is 5.82 Å². The van der Waals surface area contributed by atoms with E-state index < -0.39 is 0 Å². The first-order valence-corrected chi connectivity index (χ1v) is 9.08. The molecule has 1 aromatic rings. The quantitative estimate of drug-likeness (QED) is 0.613. The van der Waals surface area contributed by atoms with Gasteiger partial charge in [-0.05, 0) is 50.3 Å². The molecule has 1 heterocycles. The first kappa shape index (κ1) is 19.2. The molecule has 0 radical (unpaired) electrons. The Morgan fingerprint density at radius 3 is 2.84 bits per heavy atom. The molecule has 1 atom stereocenters. The summed E-state index contributed by atoms with van der Waals surface area (Å²) in [7, 11) is 1.70. The monoisotopic (exact) mass is 348 g/mol. The Morgan fingerprint density at radius 2 is 2.12 bits per heavy atom. The Balaban J connectivity index is 1.67. The van der Waals surface area contributed by atoms with E-state index in [1.54, 1.807) is 13.1 Å². The zero-order valence-electron chi connectivity index (χ0n) is 15.2. The summed E-state index contributed by atoms with van der Waals surface area (Å²) in [4.78, 5) is 18.4. The molecular weight excluding hydrogens is 319 g/mol. The van der Waals surface area contributed by atoms with Crippen LogP contribution in [0.2, 0.25) is 0 Å². The van der Waals surface area contributed by atoms with Gasteiger partial charge < -0.3 is 15.5 Å². The molecule has 0 aliphatic carbocycles. The highest BCUT2D eigenvalue weighted by Crippen LogP contribution is 2.16. The van der Waals surface area contributed by atoms with Gasteiger partial charge in [0.05, 0.1) is 0 Å². The third-order valence-corrected chi connectivity index (χ3v) is 4.57. The molecule has 138 valence electrons. The molecule has 5 nitrogen and oxygen atoms in total. The maximum absolute atomic E-state index is 13.2. The SMILES string of the molecule is CN=C(NCCC(=O)N1CCCCC1C)NCCc1cccc(F)c1. The first-order valence-electron chi connectivity index (χ1n) is 9.08. The van der Waals surface area contributed by atoms with E-state index >= 15 is 0 Å². The van der Waals surface area contributed by atoms with Crippen LogP contribution in [0.1, 0.15) is 38.2 Å². The molecule has 1 fully saturated rings. The second kappa shape index (κ2) is 10.0. The maximum atomic E-state index is 13.2. The van der Waals surface area contributed by atoms with E-state index in [1.165, 1.54) is 18.6 Å². The molecule has 6 heteroatoms. The summed E-state index contributed by atoms with van der Waals surface area (Å²) in [5, 5.41) is 6.36. The van der Waals surface area contributed by atoms with Crippen LogP contribution in [0.5, 0.6) is 0 Å². The molecule has 1 unspecified atom stereocenters. The van der Waals surface area contributed by atoms with Gasteiger partial charge in [-0.3, -0.25) is 9.79 Å². The summed E-state index contributed by atoms with van der Waals surface area (Å²) in [5.74, 6) is 0.649. The van der Waals surface area contributed by atoms with E-state index in [4.69, 9.17) is 0 Å². The van der Waals surface area contributed by atoms with Crippen molar-refractivity contribution in [2.75, 3.05) is 26.7 Å². The number of piperidine rings is 1. The molecule has 0 spiro atoms. The van der Waals surface area contributed by atoms with Crippen LogP contribution in [0.4, 0.5) is 4.39 Å². The van der Waals surface area contributed by atoms with Crippen molar-refractivity contribution in [3.8, 4) is 0 Å². The number of benzene rings is 1. The number of aliphatic imine (C=N–C) groups is 1. The molecule has 1 aliphatic heterocycles. The number of hydrogen-bond donors (Lipinski definition) is 2. The minimum absolute atomic E-state index is 0.204. The van der Waals surface area contributed by atoms with Crippen molar-refractivity contribution >= 4 is 11.9 Å². The zero-order chi connectivity index (χ0) is 18.1. The second-order valence-corrected chi connectivity index (χ2v) is 6.49. The van der Waals surface area contributed by atoms with Gasteiger partial charge in [-0.1, -0.05) is 12.1 Å². The number of likely N-dealkylation sites (tertiary alicyclic amines) is 1. The standard InChI is InChI=1S/C19H29FN4O/c1-15-6-3-4-13-24(15)18(25)10-12-23-19(21-2)22-11-9-16-7-5-8-17(20)14-16/h5,7-8,14-15H,3-4,6,9-13H2,1-2H3,(H2,21,22,23). The molecule has 0 aromatic heterocycles. The van der Waals surface area contributed by atoms with E-state index in [2.05, 4.69) is 22.5 Å². The van der Waals surface area contributed by atoms with Gasteiger partial charge in [-0.15, -0.1) is 0 Å². The van der Waals surface area contributed by atoms with Crippen molar-refractivity contribution in [2.24, 2.45) is 4.99 Å². The fourth-order valence-corrected chi connectivity index (χ4v) is 3.14. The lowest BCUT2D eigenvalue weighted by atomic mass is 10.0. The Morgan fingerprint density at radius 1 is 1.32 bits per heavy atom. The van der Waals surface area contributed by atoms with E-state index in [-0.39, 0.29) is 11.7 Å². The predicted octanol–water partition coefficient (Wildman–Crippen LogP) is 2.32. The van der Waals surface area contributed by atoms with Gasteiger partial charge in [-0.25, -0.2) is 4.39 Å².